The summed E-state index contributed by atoms with van der Waals surface area (Å²) < 4.78 is 6.93. The fraction of sp³-hybridized carbons (Fsp3) is 0.250. The van der Waals surface area contributed by atoms with Gasteiger partial charge in [-0.05, 0) is 6.07 Å². The molecular formula is C12H11ClN2O. The van der Waals surface area contributed by atoms with E-state index in [1.54, 1.807) is 7.11 Å². The molecule has 3 nitrogen and oxygen atoms in total. The quantitative estimate of drug-likeness (QED) is 0.819. The van der Waals surface area contributed by atoms with Gasteiger partial charge in [0.05, 0.1) is 17.7 Å². The van der Waals surface area contributed by atoms with E-state index in [2.05, 4.69) is 6.07 Å². The Balaban J connectivity index is 2.64. The van der Waals surface area contributed by atoms with Gasteiger partial charge in [0.15, 0.2) is 0 Å². The Bertz CT molecular complexity index is 554. The molecule has 0 saturated carbocycles. The van der Waals surface area contributed by atoms with Crippen molar-refractivity contribution in [3.8, 4) is 6.07 Å². The Morgan fingerprint density at radius 1 is 1.44 bits per heavy atom. The fourth-order valence-electron chi connectivity index (χ4n) is 1.78. The molecule has 0 aliphatic rings. The molecule has 0 bridgehead atoms. The highest BCUT2D eigenvalue weighted by Gasteiger charge is 2.14. The summed E-state index contributed by atoms with van der Waals surface area (Å²) in [4.78, 5) is 0. The molecule has 0 fully saturated rings. The molecule has 0 amide bonds. The molecule has 1 aromatic heterocycles. The monoisotopic (exact) mass is 234 g/mol. The maximum atomic E-state index is 9.08. The second-order valence-corrected chi connectivity index (χ2v) is 3.80. The average Bonchev–Trinajstić information content (AvgIpc) is 2.58. The molecule has 0 radical (unpaired) electrons. The predicted molar refractivity (Wildman–Crippen MR) is 63.5 cm³/mol. The van der Waals surface area contributed by atoms with Gasteiger partial charge in [-0.15, -0.1) is 0 Å². The second kappa shape index (κ2) is 4.56. The zero-order chi connectivity index (χ0) is 11.5. The van der Waals surface area contributed by atoms with E-state index in [9.17, 15) is 0 Å². The number of nitriles is 1. The normalized spacial score (nSPS) is 10.6. The van der Waals surface area contributed by atoms with Gasteiger partial charge >= 0.3 is 0 Å². The molecule has 1 heterocycles. The van der Waals surface area contributed by atoms with Crippen LogP contribution in [0.1, 0.15) is 5.56 Å². The summed E-state index contributed by atoms with van der Waals surface area (Å²) in [6.07, 6.45) is 0. The number of benzene rings is 1. The summed E-state index contributed by atoms with van der Waals surface area (Å²) in [6.45, 7) is 1.22. The van der Waals surface area contributed by atoms with E-state index in [1.807, 2.05) is 28.8 Å². The van der Waals surface area contributed by atoms with Crippen LogP contribution in [0, 0.1) is 11.3 Å². The number of hydrogen-bond acceptors (Lipinski definition) is 2. The number of rotatable bonds is 3. The van der Waals surface area contributed by atoms with E-state index >= 15 is 0 Å². The van der Waals surface area contributed by atoms with Crippen LogP contribution < -0.4 is 0 Å². The third-order valence-electron chi connectivity index (χ3n) is 2.54. The molecule has 2 aromatic rings. The minimum absolute atomic E-state index is 0.487. The lowest BCUT2D eigenvalue weighted by Crippen LogP contribution is -2.03. The van der Waals surface area contributed by atoms with Gasteiger partial charge in [-0.25, -0.2) is 0 Å². The summed E-state index contributed by atoms with van der Waals surface area (Å²) in [7, 11) is 1.64. The predicted octanol–water partition coefficient (Wildman–Crippen LogP) is 2.81. The van der Waals surface area contributed by atoms with Gasteiger partial charge in [0.25, 0.3) is 0 Å². The summed E-state index contributed by atoms with van der Waals surface area (Å²) in [5, 5.41) is 10.5. The molecule has 0 saturated heterocycles. The summed E-state index contributed by atoms with van der Waals surface area (Å²) in [5.41, 5.74) is 1.51. The molecule has 0 N–H and O–H groups in total. The van der Waals surface area contributed by atoms with Crippen molar-refractivity contribution >= 4 is 22.5 Å². The molecule has 0 unspecified atom stereocenters. The molecule has 82 valence electrons. The highest BCUT2D eigenvalue weighted by Crippen LogP contribution is 2.29. The minimum atomic E-state index is 0.487. The van der Waals surface area contributed by atoms with Crippen molar-refractivity contribution in [3.63, 3.8) is 0 Å². The highest BCUT2D eigenvalue weighted by molar-refractivity contribution is 6.32. The number of ether oxygens (including phenoxy) is 1. The standard InChI is InChI=1S/C12H11ClN2O/c1-16-7-6-15-11-5-3-2-4-9(11)10(8-14)12(15)13/h2-5H,6-7H2,1H3. The lowest BCUT2D eigenvalue weighted by atomic mass is 10.2. The van der Waals surface area contributed by atoms with Crippen molar-refractivity contribution in [1.82, 2.24) is 4.57 Å². The van der Waals surface area contributed by atoms with Gasteiger partial charge in [0.1, 0.15) is 11.2 Å². The Kier molecular flexibility index (Phi) is 3.14. The van der Waals surface area contributed by atoms with Gasteiger partial charge < -0.3 is 9.30 Å². The van der Waals surface area contributed by atoms with Crippen LogP contribution in [0.3, 0.4) is 0 Å². The first-order valence-electron chi connectivity index (χ1n) is 4.95. The van der Waals surface area contributed by atoms with Crippen LogP contribution in [-0.2, 0) is 11.3 Å². The number of aromatic nitrogens is 1. The first kappa shape index (κ1) is 11.0. The molecule has 0 spiro atoms. The zero-order valence-electron chi connectivity index (χ0n) is 8.90. The first-order valence-corrected chi connectivity index (χ1v) is 5.33. The Labute approximate surface area is 98.8 Å². The van der Waals surface area contributed by atoms with Crippen LogP contribution in [0.4, 0.5) is 0 Å². The molecule has 4 heteroatoms. The second-order valence-electron chi connectivity index (χ2n) is 3.44. The maximum Gasteiger partial charge on any atom is 0.128 e. The van der Waals surface area contributed by atoms with Crippen LogP contribution in [0.5, 0.6) is 0 Å². The third-order valence-corrected chi connectivity index (χ3v) is 2.93. The van der Waals surface area contributed by atoms with E-state index in [4.69, 9.17) is 21.6 Å². The van der Waals surface area contributed by atoms with Crippen LogP contribution in [0.2, 0.25) is 5.15 Å². The summed E-state index contributed by atoms with van der Waals surface area (Å²) >= 11 is 6.17. The van der Waals surface area contributed by atoms with Crippen LogP contribution in [0.15, 0.2) is 24.3 Å². The first-order chi connectivity index (χ1) is 7.79. The zero-order valence-corrected chi connectivity index (χ0v) is 9.66. The van der Waals surface area contributed by atoms with Gasteiger partial charge in [0.2, 0.25) is 0 Å². The largest absolute Gasteiger partial charge is 0.383 e. The third kappa shape index (κ3) is 1.67. The van der Waals surface area contributed by atoms with Crippen molar-refractivity contribution in [1.29, 1.82) is 5.26 Å². The van der Waals surface area contributed by atoms with Crippen molar-refractivity contribution in [2.45, 2.75) is 6.54 Å². The molecule has 0 aliphatic carbocycles. The van der Waals surface area contributed by atoms with E-state index in [1.165, 1.54) is 0 Å². The Hall–Kier alpha value is -1.50. The Morgan fingerprint density at radius 2 is 2.19 bits per heavy atom. The number of halogens is 1. The van der Waals surface area contributed by atoms with Crippen LogP contribution in [0.25, 0.3) is 10.9 Å². The van der Waals surface area contributed by atoms with E-state index in [0.717, 1.165) is 10.9 Å². The lowest BCUT2D eigenvalue weighted by molar-refractivity contribution is 0.188. The lowest BCUT2D eigenvalue weighted by Gasteiger charge is -2.05. The van der Waals surface area contributed by atoms with Crippen molar-refractivity contribution in [2.75, 3.05) is 13.7 Å². The molecule has 16 heavy (non-hydrogen) atoms. The van der Waals surface area contributed by atoms with Gasteiger partial charge in [0, 0.05) is 19.0 Å². The van der Waals surface area contributed by atoms with Crippen molar-refractivity contribution < 1.29 is 4.74 Å². The average molecular weight is 235 g/mol. The number of para-hydroxylation sites is 1. The van der Waals surface area contributed by atoms with E-state index in [0.29, 0.717) is 23.9 Å². The number of nitrogens with zero attached hydrogens (tertiary/aromatic N) is 2. The van der Waals surface area contributed by atoms with E-state index in [-0.39, 0.29) is 0 Å². The molecule has 0 aliphatic heterocycles. The smallest absolute Gasteiger partial charge is 0.128 e. The molecule has 2 rings (SSSR count). The molecule has 0 atom stereocenters. The van der Waals surface area contributed by atoms with Crippen molar-refractivity contribution in [3.05, 3.63) is 35.0 Å². The number of hydrogen-bond donors (Lipinski definition) is 0. The van der Waals surface area contributed by atoms with Crippen molar-refractivity contribution in [2.24, 2.45) is 0 Å². The fourth-order valence-corrected chi connectivity index (χ4v) is 2.10. The molecule has 1 aromatic carbocycles. The summed E-state index contributed by atoms with van der Waals surface area (Å²) in [6, 6.07) is 9.84. The van der Waals surface area contributed by atoms with Gasteiger partial charge in [-0.3, -0.25) is 0 Å². The molecular weight excluding hydrogens is 224 g/mol. The van der Waals surface area contributed by atoms with Crippen LogP contribution in [-0.4, -0.2) is 18.3 Å². The SMILES string of the molecule is COCCn1c(Cl)c(C#N)c2ccccc21. The summed E-state index contributed by atoms with van der Waals surface area (Å²) in [5.74, 6) is 0. The van der Waals surface area contributed by atoms with Gasteiger partial charge in [-0.1, -0.05) is 29.8 Å². The number of methoxy groups -OCH3 is 1. The Morgan fingerprint density at radius 3 is 2.88 bits per heavy atom. The topological polar surface area (TPSA) is 38.0 Å². The van der Waals surface area contributed by atoms with E-state index < -0.39 is 0 Å². The highest BCUT2D eigenvalue weighted by atomic mass is 35.5. The minimum Gasteiger partial charge on any atom is -0.383 e. The van der Waals surface area contributed by atoms with Crippen LogP contribution >= 0.6 is 11.6 Å². The van der Waals surface area contributed by atoms with Gasteiger partial charge in [-0.2, -0.15) is 5.26 Å². The number of fused-ring (bicyclic) bond motifs is 1. The maximum absolute atomic E-state index is 9.08.